The average molecular weight is 331 g/mol. The molecule has 0 bridgehead atoms. The van der Waals surface area contributed by atoms with E-state index >= 15 is 0 Å². The lowest BCUT2D eigenvalue weighted by Crippen LogP contribution is -2.13. The highest BCUT2D eigenvalue weighted by Crippen LogP contribution is 2.38. The fraction of sp³-hybridized carbons (Fsp3) is 0.0714. The number of alkyl halides is 3. The van der Waals surface area contributed by atoms with Crippen LogP contribution in [0.4, 0.5) is 24.5 Å². The minimum Gasteiger partial charge on any atom is -0.389 e. The summed E-state index contributed by atoms with van der Waals surface area (Å²) in [6.45, 7) is 0. The standard InChI is InChI=1S/C14H10ClF3N2S/c15-8-5-6-12(10(7-8)14(16,17)18)20-11-4-2-1-3-9(11)13(19)21/h1-7,20H,(H2,19,21). The molecule has 0 aromatic heterocycles. The van der Waals surface area contributed by atoms with Crippen molar-refractivity contribution in [3.05, 3.63) is 58.6 Å². The molecular weight excluding hydrogens is 321 g/mol. The molecule has 0 heterocycles. The molecule has 0 aliphatic heterocycles. The Hall–Kier alpha value is -1.79. The third-order valence-corrected chi connectivity index (χ3v) is 3.20. The van der Waals surface area contributed by atoms with E-state index in [9.17, 15) is 13.2 Å². The summed E-state index contributed by atoms with van der Waals surface area (Å²) in [4.78, 5) is 0.0978. The first kappa shape index (κ1) is 15.6. The maximum atomic E-state index is 13.0. The van der Waals surface area contributed by atoms with Gasteiger partial charge in [-0.25, -0.2) is 0 Å². The molecular formula is C14H10ClF3N2S. The molecule has 0 aliphatic rings. The van der Waals surface area contributed by atoms with Crippen molar-refractivity contribution in [1.29, 1.82) is 0 Å². The number of hydrogen-bond acceptors (Lipinski definition) is 2. The molecule has 3 N–H and O–H groups in total. The second kappa shape index (κ2) is 5.91. The van der Waals surface area contributed by atoms with Gasteiger partial charge in [0.15, 0.2) is 0 Å². The van der Waals surface area contributed by atoms with Gasteiger partial charge in [-0.3, -0.25) is 0 Å². The molecule has 2 rings (SSSR count). The van der Waals surface area contributed by atoms with Gasteiger partial charge in [-0.1, -0.05) is 36.0 Å². The van der Waals surface area contributed by atoms with Crippen molar-refractivity contribution < 1.29 is 13.2 Å². The van der Waals surface area contributed by atoms with Crippen molar-refractivity contribution >= 4 is 40.2 Å². The molecule has 21 heavy (non-hydrogen) atoms. The van der Waals surface area contributed by atoms with Crippen LogP contribution in [0.2, 0.25) is 5.02 Å². The largest absolute Gasteiger partial charge is 0.418 e. The van der Waals surface area contributed by atoms with Crippen LogP contribution < -0.4 is 11.1 Å². The molecule has 2 nitrogen and oxygen atoms in total. The molecule has 0 amide bonds. The fourth-order valence-corrected chi connectivity index (χ4v) is 2.16. The van der Waals surface area contributed by atoms with E-state index in [1.165, 1.54) is 12.1 Å². The molecule has 0 aliphatic carbocycles. The quantitative estimate of drug-likeness (QED) is 0.798. The molecule has 2 aromatic rings. The summed E-state index contributed by atoms with van der Waals surface area (Å²) in [7, 11) is 0. The van der Waals surface area contributed by atoms with E-state index in [1.54, 1.807) is 24.3 Å². The zero-order valence-electron chi connectivity index (χ0n) is 10.5. The number of halogens is 4. The number of rotatable bonds is 3. The Morgan fingerprint density at radius 3 is 2.38 bits per heavy atom. The molecule has 0 radical (unpaired) electrons. The molecule has 110 valence electrons. The van der Waals surface area contributed by atoms with Crippen LogP contribution in [0, 0.1) is 0 Å². The maximum Gasteiger partial charge on any atom is 0.418 e. The minimum atomic E-state index is -4.52. The van der Waals surface area contributed by atoms with Gasteiger partial charge in [0.2, 0.25) is 0 Å². The summed E-state index contributed by atoms with van der Waals surface area (Å²) in [5, 5.41) is 2.72. The van der Waals surface area contributed by atoms with Gasteiger partial charge in [0.1, 0.15) is 4.99 Å². The fourth-order valence-electron chi connectivity index (χ4n) is 1.81. The Morgan fingerprint density at radius 2 is 1.76 bits per heavy atom. The Labute approximate surface area is 129 Å². The lowest BCUT2D eigenvalue weighted by atomic mass is 10.1. The van der Waals surface area contributed by atoms with E-state index in [1.807, 2.05) is 0 Å². The first-order valence-electron chi connectivity index (χ1n) is 5.81. The van der Waals surface area contributed by atoms with E-state index in [4.69, 9.17) is 29.6 Å². The summed E-state index contributed by atoms with van der Waals surface area (Å²) >= 11 is 10.5. The van der Waals surface area contributed by atoms with Crippen LogP contribution in [-0.4, -0.2) is 4.99 Å². The summed E-state index contributed by atoms with van der Waals surface area (Å²) in [5.41, 5.74) is 5.46. The number of hydrogen-bond donors (Lipinski definition) is 2. The van der Waals surface area contributed by atoms with Gasteiger partial charge >= 0.3 is 6.18 Å². The smallest absolute Gasteiger partial charge is 0.389 e. The van der Waals surface area contributed by atoms with E-state index in [2.05, 4.69) is 5.32 Å². The predicted molar refractivity (Wildman–Crippen MR) is 82.1 cm³/mol. The van der Waals surface area contributed by atoms with Crippen LogP contribution in [0.3, 0.4) is 0 Å². The van der Waals surface area contributed by atoms with E-state index < -0.39 is 11.7 Å². The van der Waals surface area contributed by atoms with Crippen LogP contribution >= 0.6 is 23.8 Å². The number of para-hydroxylation sites is 1. The van der Waals surface area contributed by atoms with Gasteiger partial charge in [0, 0.05) is 16.3 Å². The van der Waals surface area contributed by atoms with Crippen LogP contribution in [0.15, 0.2) is 42.5 Å². The van der Waals surface area contributed by atoms with Crippen LogP contribution in [0.5, 0.6) is 0 Å². The monoisotopic (exact) mass is 330 g/mol. The maximum absolute atomic E-state index is 13.0. The van der Waals surface area contributed by atoms with Crippen molar-refractivity contribution in [2.75, 3.05) is 5.32 Å². The normalized spacial score (nSPS) is 11.2. The molecule has 0 unspecified atom stereocenters. The van der Waals surface area contributed by atoms with Crippen LogP contribution in [0.1, 0.15) is 11.1 Å². The van der Waals surface area contributed by atoms with Crippen molar-refractivity contribution in [3.63, 3.8) is 0 Å². The molecule has 0 fully saturated rings. The van der Waals surface area contributed by atoms with Gasteiger partial charge < -0.3 is 11.1 Å². The number of anilines is 2. The van der Waals surface area contributed by atoms with Crippen LogP contribution in [0.25, 0.3) is 0 Å². The highest BCUT2D eigenvalue weighted by atomic mass is 35.5. The second-order valence-corrected chi connectivity index (χ2v) is 5.10. The van der Waals surface area contributed by atoms with E-state index in [0.717, 1.165) is 6.07 Å². The Balaban J connectivity index is 2.48. The lowest BCUT2D eigenvalue weighted by Gasteiger charge is -2.16. The summed E-state index contributed by atoms with van der Waals surface area (Å²) in [5.74, 6) is 0. The molecule has 0 spiro atoms. The number of nitrogens with one attached hydrogen (secondary N) is 1. The zero-order chi connectivity index (χ0) is 15.6. The third kappa shape index (κ3) is 3.65. The molecule has 0 saturated carbocycles. The SMILES string of the molecule is NC(=S)c1ccccc1Nc1ccc(Cl)cc1C(F)(F)F. The average Bonchev–Trinajstić information content (AvgIpc) is 2.40. The molecule has 0 atom stereocenters. The van der Waals surface area contributed by atoms with Gasteiger partial charge in [0.05, 0.1) is 11.3 Å². The summed E-state index contributed by atoms with van der Waals surface area (Å²) in [6.07, 6.45) is -4.52. The Morgan fingerprint density at radius 1 is 1.10 bits per heavy atom. The van der Waals surface area contributed by atoms with Crippen molar-refractivity contribution in [3.8, 4) is 0 Å². The number of benzene rings is 2. The first-order chi connectivity index (χ1) is 9.79. The van der Waals surface area contributed by atoms with Crippen LogP contribution in [-0.2, 0) is 6.18 Å². The summed E-state index contributed by atoms with van der Waals surface area (Å²) in [6, 6.07) is 10.1. The molecule has 0 saturated heterocycles. The Bertz CT molecular complexity index is 686. The predicted octanol–water partition coefficient (Wildman–Crippen LogP) is 4.74. The van der Waals surface area contributed by atoms with Gasteiger partial charge in [-0.2, -0.15) is 13.2 Å². The van der Waals surface area contributed by atoms with Crippen molar-refractivity contribution in [2.24, 2.45) is 5.73 Å². The zero-order valence-corrected chi connectivity index (χ0v) is 12.1. The highest BCUT2D eigenvalue weighted by molar-refractivity contribution is 7.80. The van der Waals surface area contributed by atoms with Crippen molar-refractivity contribution in [2.45, 2.75) is 6.18 Å². The Kier molecular flexibility index (Phi) is 4.39. The number of thiocarbonyl (C=S) groups is 1. The molecule has 2 aromatic carbocycles. The van der Waals surface area contributed by atoms with Crippen molar-refractivity contribution in [1.82, 2.24) is 0 Å². The first-order valence-corrected chi connectivity index (χ1v) is 6.60. The van der Waals surface area contributed by atoms with Gasteiger partial charge in [-0.05, 0) is 30.3 Å². The van der Waals surface area contributed by atoms with E-state index in [-0.39, 0.29) is 15.7 Å². The lowest BCUT2D eigenvalue weighted by molar-refractivity contribution is -0.136. The topological polar surface area (TPSA) is 38.0 Å². The van der Waals surface area contributed by atoms with E-state index in [0.29, 0.717) is 11.3 Å². The van der Waals surface area contributed by atoms with Gasteiger partial charge in [0.25, 0.3) is 0 Å². The number of nitrogens with two attached hydrogens (primary N) is 1. The minimum absolute atomic E-state index is 0.00973. The third-order valence-electron chi connectivity index (χ3n) is 2.75. The van der Waals surface area contributed by atoms with Gasteiger partial charge in [-0.15, -0.1) is 0 Å². The second-order valence-electron chi connectivity index (χ2n) is 4.22. The molecule has 7 heteroatoms. The summed E-state index contributed by atoms with van der Waals surface area (Å²) < 4.78 is 39.1. The highest BCUT2D eigenvalue weighted by Gasteiger charge is 2.34.